The molecule has 0 amide bonds. The van der Waals surface area contributed by atoms with Gasteiger partial charge in [0.05, 0.1) is 34.2 Å². The molecule has 3 atom stereocenters. The predicted octanol–water partition coefficient (Wildman–Crippen LogP) is 4.30. The molecule has 0 spiro atoms. The van der Waals surface area contributed by atoms with E-state index in [1.807, 2.05) is 0 Å². The van der Waals surface area contributed by atoms with Gasteiger partial charge >= 0.3 is 0 Å². The van der Waals surface area contributed by atoms with Crippen LogP contribution in [0.15, 0.2) is 41.3 Å². The van der Waals surface area contributed by atoms with E-state index in [4.69, 9.17) is 21.1 Å². The maximum atomic E-state index is 15.3. The number of fused-ring (bicyclic) bond motifs is 3. The first-order valence-corrected chi connectivity index (χ1v) is 14.4. The van der Waals surface area contributed by atoms with Crippen LogP contribution in [0.1, 0.15) is 32.3 Å². The van der Waals surface area contributed by atoms with Crippen LogP contribution in [0.25, 0.3) is 0 Å². The predicted molar refractivity (Wildman–Crippen MR) is 124 cm³/mol. The summed E-state index contributed by atoms with van der Waals surface area (Å²) in [6.07, 6.45) is -1.01. The van der Waals surface area contributed by atoms with Crippen LogP contribution >= 0.6 is 11.6 Å². The minimum atomic E-state index is -4.33. The van der Waals surface area contributed by atoms with Crippen molar-refractivity contribution in [3.05, 3.63) is 58.6 Å². The standard InChI is InChI=1S/C23H25ClF2O6S2/c1-14(2)33(27,28)12-9-20-17-13-32-22-19(26)8-7-18(25)21(22)23(17,10-11-31-20)34(29,30)16-5-3-15(24)4-6-16/h3-8,14,17,20H,9-13H2,1-2H3/t17-,20-,23-/m1/s1. The zero-order chi connectivity index (χ0) is 24.9. The summed E-state index contributed by atoms with van der Waals surface area (Å²) in [6, 6.07) is 7.24. The van der Waals surface area contributed by atoms with E-state index in [1.165, 1.54) is 24.3 Å². The van der Waals surface area contributed by atoms with E-state index in [-0.39, 0.29) is 42.3 Å². The van der Waals surface area contributed by atoms with Crippen molar-refractivity contribution in [2.24, 2.45) is 5.92 Å². The number of halogens is 3. The Hall–Kier alpha value is -1.75. The van der Waals surface area contributed by atoms with E-state index in [0.717, 1.165) is 12.1 Å². The molecule has 0 saturated carbocycles. The average molecular weight is 535 g/mol. The van der Waals surface area contributed by atoms with E-state index in [1.54, 1.807) is 13.8 Å². The lowest BCUT2D eigenvalue weighted by molar-refractivity contribution is -0.0732. The zero-order valence-electron chi connectivity index (χ0n) is 18.6. The second kappa shape index (κ2) is 9.04. The lowest BCUT2D eigenvalue weighted by Gasteiger charge is -2.50. The van der Waals surface area contributed by atoms with Crippen LogP contribution in [0.2, 0.25) is 5.02 Å². The highest BCUT2D eigenvalue weighted by atomic mass is 35.5. The molecule has 4 rings (SSSR count). The van der Waals surface area contributed by atoms with Crippen molar-refractivity contribution in [1.82, 2.24) is 0 Å². The maximum Gasteiger partial charge on any atom is 0.189 e. The van der Waals surface area contributed by atoms with Gasteiger partial charge in [-0.1, -0.05) is 11.6 Å². The van der Waals surface area contributed by atoms with Gasteiger partial charge in [0, 0.05) is 17.5 Å². The summed E-state index contributed by atoms with van der Waals surface area (Å²) in [6.45, 7) is 2.77. The topological polar surface area (TPSA) is 86.7 Å². The van der Waals surface area contributed by atoms with Crippen LogP contribution in [0.3, 0.4) is 0 Å². The van der Waals surface area contributed by atoms with Crippen LogP contribution < -0.4 is 4.74 Å². The van der Waals surface area contributed by atoms with Crippen molar-refractivity contribution in [1.29, 1.82) is 0 Å². The Morgan fingerprint density at radius 1 is 1.06 bits per heavy atom. The first kappa shape index (κ1) is 25.3. The van der Waals surface area contributed by atoms with E-state index >= 15 is 4.39 Å². The summed E-state index contributed by atoms with van der Waals surface area (Å²) in [7, 11) is -7.77. The van der Waals surface area contributed by atoms with Crippen molar-refractivity contribution < 1.29 is 35.1 Å². The fraction of sp³-hybridized carbons (Fsp3) is 0.478. The molecule has 2 aromatic rings. The SMILES string of the molecule is CC(C)S(=O)(=O)CC[C@H]1OCC[C@]2(S(=O)(=O)c3ccc(Cl)cc3)c3c(F)ccc(F)c3OC[C@H]12. The summed E-state index contributed by atoms with van der Waals surface area (Å²) in [5, 5.41) is -0.296. The Morgan fingerprint density at radius 2 is 1.71 bits per heavy atom. The molecular weight excluding hydrogens is 510 g/mol. The van der Waals surface area contributed by atoms with Crippen molar-refractivity contribution in [3.63, 3.8) is 0 Å². The van der Waals surface area contributed by atoms with Gasteiger partial charge in [0.2, 0.25) is 0 Å². The number of benzene rings is 2. The van der Waals surface area contributed by atoms with Gasteiger partial charge in [0.15, 0.2) is 31.2 Å². The summed E-state index contributed by atoms with van der Waals surface area (Å²) < 4.78 is 92.7. The molecule has 1 fully saturated rings. The Balaban J connectivity index is 1.90. The summed E-state index contributed by atoms with van der Waals surface area (Å²) >= 11 is 5.94. The summed E-state index contributed by atoms with van der Waals surface area (Å²) in [5.41, 5.74) is -0.376. The van der Waals surface area contributed by atoms with Gasteiger partial charge in [0.1, 0.15) is 10.6 Å². The van der Waals surface area contributed by atoms with Crippen LogP contribution in [-0.2, 0) is 29.2 Å². The fourth-order valence-electron chi connectivity index (χ4n) is 4.85. The average Bonchev–Trinajstić information content (AvgIpc) is 2.79. The molecule has 0 bridgehead atoms. The number of rotatable bonds is 6. The largest absolute Gasteiger partial charge is 0.490 e. The van der Waals surface area contributed by atoms with E-state index < -0.39 is 59.1 Å². The molecule has 34 heavy (non-hydrogen) atoms. The highest BCUT2D eigenvalue weighted by Gasteiger charge is 2.61. The van der Waals surface area contributed by atoms with Gasteiger partial charge in [0.25, 0.3) is 0 Å². The molecule has 0 radical (unpaired) electrons. The molecule has 2 aromatic carbocycles. The Morgan fingerprint density at radius 3 is 2.35 bits per heavy atom. The summed E-state index contributed by atoms with van der Waals surface area (Å²) in [4.78, 5) is -0.103. The van der Waals surface area contributed by atoms with E-state index in [0.29, 0.717) is 5.02 Å². The maximum absolute atomic E-state index is 15.3. The minimum absolute atomic E-state index is 0.00129. The van der Waals surface area contributed by atoms with Gasteiger partial charge < -0.3 is 9.47 Å². The van der Waals surface area contributed by atoms with Crippen molar-refractivity contribution in [2.45, 2.75) is 47.7 Å². The molecule has 2 aliphatic heterocycles. The first-order valence-electron chi connectivity index (χ1n) is 10.9. The molecule has 186 valence electrons. The number of sulfone groups is 2. The molecule has 11 heteroatoms. The van der Waals surface area contributed by atoms with Crippen LogP contribution in [0, 0.1) is 17.6 Å². The monoisotopic (exact) mass is 534 g/mol. The van der Waals surface area contributed by atoms with Gasteiger partial charge in [-0.25, -0.2) is 25.6 Å². The van der Waals surface area contributed by atoms with Crippen molar-refractivity contribution in [3.8, 4) is 5.75 Å². The fourth-order valence-corrected chi connectivity index (χ4v) is 8.35. The minimum Gasteiger partial charge on any atom is -0.490 e. The number of hydrogen-bond acceptors (Lipinski definition) is 6. The third kappa shape index (κ3) is 4.02. The molecule has 0 aromatic heterocycles. The highest BCUT2D eigenvalue weighted by molar-refractivity contribution is 7.92. The highest BCUT2D eigenvalue weighted by Crippen LogP contribution is 2.55. The molecule has 1 saturated heterocycles. The second-order valence-electron chi connectivity index (χ2n) is 8.86. The molecule has 0 N–H and O–H groups in total. The third-order valence-electron chi connectivity index (χ3n) is 6.75. The van der Waals surface area contributed by atoms with Crippen molar-refractivity contribution in [2.75, 3.05) is 19.0 Å². The van der Waals surface area contributed by atoms with E-state index in [2.05, 4.69) is 0 Å². The number of hydrogen-bond donors (Lipinski definition) is 0. The lowest BCUT2D eigenvalue weighted by Crippen LogP contribution is -2.57. The smallest absolute Gasteiger partial charge is 0.189 e. The number of ether oxygens (including phenoxy) is 2. The Bertz CT molecular complexity index is 1300. The molecule has 0 aliphatic carbocycles. The molecule has 2 aliphatic rings. The quantitative estimate of drug-likeness (QED) is 0.549. The zero-order valence-corrected chi connectivity index (χ0v) is 21.0. The molecule has 6 nitrogen and oxygen atoms in total. The van der Waals surface area contributed by atoms with Gasteiger partial charge in [-0.2, -0.15) is 0 Å². The Kier molecular flexibility index (Phi) is 6.74. The van der Waals surface area contributed by atoms with Crippen LogP contribution in [0.5, 0.6) is 5.75 Å². The van der Waals surface area contributed by atoms with Gasteiger partial charge in [-0.3, -0.25) is 0 Å². The molecule has 0 unspecified atom stereocenters. The van der Waals surface area contributed by atoms with Gasteiger partial charge in [-0.15, -0.1) is 0 Å². The van der Waals surface area contributed by atoms with Crippen LogP contribution in [0.4, 0.5) is 8.78 Å². The van der Waals surface area contributed by atoms with E-state index in [9.17, 15) is 21.2 Å². The second-order valence-corrected chi connectivity index (χ2v) is 14.2. The van der Waals surface area contributed by atoms with Crippen molar-refractivity contribution >= 4 is 31.3 Å². The Labute approximate surface area is 203 Å². The third-order valence-corrected chi connectivity index (χ3v) is 11.8. The molecular formula is C23H25ClF2O6S2. The normalized spacial score (nSPS) is 24.9. The van der Waals surface area contributed by atoms with Gasteiger partial charge in [-0.05, 0) is 63.1 Å². The van der Waals surface area contributed by atoms with Crippen LogP contribution in [-0.4, -0.2) is 47.2 Å². The lowest BCUT2D eigenvalue weighted by atomic mass is 9.75. The molecule has 2 heterocycles. The first-order chi connectivity index (χ1) is 15.9. The summed E-state index contributed by atoms with van der Waals surface area (Å²) in [5.74, 6) is -3.42.